The zero-order valence-corrected chi connectivity index (χ0v) is 20.7. The molecule has 0 N–H and O–H groups in total. The Morgan fingerprint density at radius 3 is 2.53 bits per heavy atom. The molecule has 3 heterocycles. The molecular formula is C26H24F3N3O3S. The molecule has 2 aromatic carbocycles. The maximum Gasteiger partial charge on any atom is 0.573 e. The Labute approximate surface area is 210 Å². The number of ether oxygens (including phenoxy) is 1. The van der Waals surface area contributed by atoms with Crippen LogP contribution in [0.1, 0.15) is 52.6 Å². The van der Waals surface area contributed by atoms with Gasteiger partial charge >= 0.3 is 6.36 Å². The summed E-state index contributed by atoms with van der Waals surface area (Å²) in [6.45, 7) is 5.58. The quantitative estimate of drug-likeness (QED) is 0.480. The molecular weight excluding hydrogens is 491 g/mol. The van der Waals surface area contributed by atoms with E-state index in [4.69, 9.17) is 0 Å². The van der Waals surface area contributed by atoms with Gasteiger partial charge < -0.3 is 9.64 Å². The summed E-state index contributed by atoms with van der Waals surface area (Å²) in [5.74, 6) is 0.0639. The number of rotatable bonds is 3. The van der Waals surface area contributed by atoms with Gasteiger partial charge in [0.05, 0.1) is 6.04 Å². The maximum absolute atomic E-state index is 13.4. The van der Waals surface area contributed by atoms with Crippen LogP contribution in [0.2, 0.25) is 0 Å². The zero-order valence-electron chi connectivity index (χ0n) is 19.9. The van der Waals surface area contributed by atoms with E-state index in [0.29, 0.717) is 16.9 Å². The number of benzene rings is 2. The van der Waals surface area contributed by atoms with Crippen molar-refractivity contribution in [3.63, 3.8) is 0 Å². The van der Waals surface area contributed by atoms with Crippen LogP contribution in [-0.4, -0.2) is 34.6 Å². The lowest BCUT2D eigenvalue weighted by molar-refractivity contribution is -0.274. The SMILES string of the molecule is Cc1c2n(ccc1=O)N(C1c3ccccc3CSc3ccc(OC(F)(F)F)cc31)CN(C(C)C)C2=O. The van der Waals surface area contributed by atoms with Crippen LogP contribution >= 0.6 is 11.8 Å². The first-order chi connectivity index (χ1) is 17.0. The van der Waals surface area contributed by atoms with Gasteiger partial charge in [0.25, 0.3) is 5.91 Å². The number of pyridine rings is 1. The first kappa shape index (κ1) is 24.3. The van der Waals surface area contributed by atoms with Gasteiger partial charge in [-0.15, -0.1) is 24.9 Å². The summed E-state index contributed by atoms with van der Waals surface area (Å²) < 4.78 is 45.2. The lowest BCUT2D eigenvalue weighted by Crippen LogP contribution is -2.57. The first-order valence-corrected chi connectivity index (χ1v) is 12.4. The molecule has 0 saturated carbocycles. The summed E-state index contributed by atoms with van der Waals surface area (Å²) in [4.78, 5) is 28.4. The van der Waals surface area contributed by atoms with E-state index in [1.165, 1.54) is 30.0 Å². The highest BCUT2D eigenvalue weighted by Crippen LogP contribution is 2.44. The van der Waals surface area contributed by atoms with E-state index in [2.05, 4.69) is 4.74 Å². The predicted molar refractivity (Wildman–Crippen MR) is 131 cm³/mol. The Balaban J connectivity index is 1.77. The third-order valence-electron chi connectivity index (χ3n) is 6.52. The van der Waals surface area contributed by atoms with Crippen LogP contribution in [0.4, 0.5) is 13.2 Å². The number of carbonyl (C=O) groups excluding carboxylic acids is 1. The molecule has 5 rings (SSSR count). The number of aromatic nitrogens is 1. The van der Waals surface area contributed by atoms with Crippen LogP contribution in [0.3, 0.4) is 0 Å². The second kappa shape index (κ2) is 8.92. The molecule has 2 aliphatic rings. The van der Waals surface area contributed by atoms with E-state index in [1.54, 1.807) is 28.8 Å². The summed E-state index contributed by atoms with van der Waals surface area (Å²) in [6.07, 6.45) is -3.26. The van der Waals surface area contributed by atoms with Gasteiger partial charge in [-0.1, -0.05) is 24.3 Å². The number of halogens is 3. The summed E-state index contributed by atoms with van der Waals surface area (Å²) in [5.41, 5.74) is 2.90. The van der Waals surface area contributed by atoms with E-state index in [1.807, 2.05) is 43.1 Å². The van der Waals surface area contributed by atoms with E-state index in [0.717, 1.165) is 16.0 Å². The average Bonchev–Trinajstić information content (AvgIpc) is 2.97. The molecule has 0 bridgehead atoms. The molecule has 1 aromatic heterocycles. The maximum atomic E-state index is 13.4. The number of hydrogen-bond donors (Lipinski definition) is 0. The molecule has 0 fully saturated rings. The Kier molecular flexibility index (Phi) is 6.02. The molecule has 10 heteroatoms. The largest absolute Gasteiger partial charge is 0.573 e. The minimum Gasteiger partial charge on any atom is -0.406 e. The van der Waals surface area contributed by atoms with Crippen LogP contribution in [0.25, 0.3) is 0 Å². The molecule has 36 heavy (non-hydrogen) atoms. The molecule has 1 amide bonds. The summed E-state index contributed by atoms with van der Waals surface area (Å²) in [6, 6.07) is 12.9. The lowest BCUT2D eigenvalue weighted by Gasteiger charge is -2.45. The third-order valence-corrected chi connectivity index (χ3v) is 7.66. The van der Waals surface area contributed by atoms with Crippen LogP contribution in [0.15, 0.2) is 64.4 Å². The highest BCUT2D eigenvalue weighted by atomic mass is 32.2. The van der Waals surface area contributed by atoms with E-state index >= 15 is 0 Å². The molecule has 0 saturated heterocycles. The number of thioether (sulfide) groups is 1. The molecule has 1 unspecified atom stereocenters. The topological polar surface area (TPSA) is 54.8 Å². The van der Waals surface area contributed by atoms with Crippen molar-refractivity contribution in [2.24, 2.45) is 0 Å². The minimum atomic E-state index is -4.82. The van der Waals surface area contributed by atoms with Gasteiger partial charge in [-0.3, -0.25) is 19.3 Å². The second-order valence-corrected chi connectivity index (χ2v) is 10.1. The van der Waals surface area contributed by atoms with Crippen LogP contribution in [0.5, 0.6) is 5.75 Å². The molecule has 0 spiro atoms. The molecule has 3 aromatic rings. The fraction of sp³-hybridized carbons (Fsp3) is 0.308. The number of hydrogen-bond acceptors (Lipinski definition) is 5. The Hall–Kier alpha value is -3.40. The van der Waals surface area contributed by atoms with Gasteiger partial charge in [-0.25, -0.2) is 0 Å². The lowest BCUT2D eigenvalue weighted by atomic mass is 9.94. The van der Waals surface area contributed by atoms with E-state index in [-0.39, 0.29) is 35.5 Å². The van der Waals surface area contributed by atoms with Gasteiger partial charge in [0, 0.05) is 34.5 Å². The highest BCUT2D eigenvalue weighted by Gasteiger charge is 2.39. The van der Waals surface area contributed by atoms with Crippen molar-refractivity contribution in [1.29, 1.82) is 0 Å². The smallest absolute Gasteiger partial charge is 0.406 e. The fourth-order valence-corrected chi connectivity index (χ4v) is 5.85. The van der Waals surface area contributed by atoms with Gasteiger partial charge in [0.1, 0.15) is 18.1 Å². The van der Waals surface area contributed by atoms with Crippen LogP contribution in [-0.2, 0) is 5.75 Å². The molecule has 1 atom stereocenters. The van der Waals surface area contributed by atoms with Crippen molar-refractivity contribution in [2.45, 2.75) is 49.9 Å². The number of amides is 1. The van der Waals surface area contributed by atoms with Gasteiger partial charge in [0.2, 0.25) is 0 Å². The van der Waals surface area contributed by atoms with Crippen molar-refractivity contribution in [1.82, 2.24) is 9.58 Å². The number of alkyl halides is 3. The van der Waals surface area contributed by atoms with E-state index in [9.17, 15) is 22.8 Å². The summed E-state index contributed by atoms with van der Waals surface area (Å²) >= 11 is 1.54. The molecule has 188 valence electrons. The zero-order chi connectivity index (χ0) is 25.8. The first-order valence-electron chi connectivity index (χ1n) is 11.5. The van der Waals surface area contributed by atoms with Crippen LogP contribution in [0, 0.1) is 6.92 Å². The Bertz CT molecular complexity index is 1400. The van der Waals surface area contributed by atoms with Crippen molar-refractivity contribution in [3.8, 4) is 5.75 Å². The molecule has 6 nitrogen and oxygen atoms in total. The average molecular weight is 516 g/mol. The molecule has 2 aliphatic heterocycles. The minimum absolute atomic E-state index is 0.168. The van der Waals surface area contributed by atoms with Gasteiger partial charge in [-0.05, 0) is 55.7 Å². The van der Waals surface area contributed by atoms with Crippen LogP contribution < -0.4 is 15.2 Å². The van der Waals surface area contributed by atoms with Crippen molar-refractivity contribution < 1.29 is 22.7 Å². The number of nitrogens with zero attached hydrogens (tertiary/aromatic N) is 3. The highest BCUT2D eigenvalue weighted by molar-refractivity contribution is 7.98. The third kappa shape index (κ3) is 4.23. The number of fused-ring (bicyclic) bond motifs is 3. The van der Waals surface area contributed by atoms with Gasteiger partial charge in [-0.2, -0.15) is 0 Å². The molecule has 0 radical (unpaired) electrons. The Morgan fingerprint density at radius 2 is 1.81 bits per heavy atom. The normalized spacial score (nSPS) is 17.4. The van der Waals surface area contributed by atoms with Gasteiger partial charge in [0.15, 0.2) is 5.43 Å². The van der Waals surface area contributed by atoms with Crippen molar-refractivity contribution >= 4 is 17.7 Å². The van der Waals surface area contributed by atoms with E-state index < -0.39 is 12.4 Å². The predicted octanol–water partition coefficient (Wildman–Crippen LogP) is 5.21. The van der Waals surface area contributed by atoms with Crippen molar-refractivity contribution in [3.05, 3.63) is 92.9 Å². The summed E-state index contributed by atoms with van der Waals surface area (Å²) in [5, 5.41) is 1.93. The second-order valence-electron chi connectivity index (χ2n) is 9.09. The fourth-order valence-electron chi connectivity index (χ4n) is 4.77. The van der Waals surface area contributed by atoms with Crippen molar-refractivity contribution in [2.75, 3.05) is 11.7 Å². The summed E-state index contributed by atoms with van der Waals surface area (Å²) in [7, 11) is 0. The standard InChI is InChI=1S/C26H24F3N3O3S/c1-15(2)30-14-32(31-11-10-21(33)16(3)23(31)25(30)34)24-19-7-5-4-6-17(19)13-36-22-9-8-18(12-20(22)24)35-26(27,28)29/h4-12,15,24H,13-14H2,1-3H3. The molecule has 0 aliphatic carbocycles. The monoisotopic (exact) mass is 515 g/mol. The number of carbonyl (C=O) groups is 1. The Morgan fingerprint density at radius 1 is 1.06 bits per heavy atom.